The predicted molar refractivity (Wildman–Crippen MR) is 125 cm³/mol. The van der Waals surface area contributed by atoms with Crippen molar-refractivity contribution < 1.29 is 19.4 Å². The first-order chi connectivity index (χ1) is 14.4. The Bertz CT molecular complexity index is 1060. The van der Waals surface area contributed by atoms with Crippen LogP contribution < -0.4 is 9.47 Å². The van der Waals surface area contributed by atoms with Crippen molar-refractivity contribution in [3.8, 4) is 22.9 Å². The fraction of sp³-hybridized carbons (Fsp3) is 0.190. The zero-order chi connectivity index (χ0) is 21.7. The Hall–Kier alpha value is -2.53. The summed E-state index contributed by atoms with van der Waals surface area (Å²) >= 11 is 3.28. The number of ether oxygens (including phenoxy) is 2. The molecule has 3 aromatic rings. The average molecular weight is 537 g/mol. The second-order valence-electron chi connectivity index (χ2n) is 6.12. The van der Waals surface area contributed by atoms with E-state index in [1.807, 2.05) is 47.9 Å². The number of hydrogen-bond acceptors (Lipinski definition) is 6. The number of thioether (sulfide) groups is 1. The van der Waals surface area contributed by atoms with Crippen LogP contribution in [0.3, 0.4) is 0 Å². The molecular formula is C21H20IN3O4S. The van der Waals surface area contributed by atoms with Gasteiger partial charge in [0, 0.05) is 21.7 Å². The van der Waals surface area contributed by atoms with Gasteiger partial charge in [-0.15, -0.1) is 10.2 Å². The van der Waals surface area contributed by atoms with Gasteiger partial charge in [0.2, 0.25) is 0 Å². The molecule has 0 saturated heterocycles. The first-order valence-electron chi connectivity index (χ1n) is 9.00. The molecule has 0 aliphatic heterocycles. The summed E-state index contributed by atoms with van der Waals surface area (Å²) in [5, 5.41) is 18.7. The summed E-state index contributed by atoms with van der Waals surface area (Å²) in [4.78, 5) is 12.0. The number of halogens is 1. The number of carbonyl (C=O) groups is 1. The van der Waals surface area contributed by atoms with Gasteiger partial charge in [0.25, 0.3) is 0 Å². The van der Waals surface area contributed by atoms with Gasteiger partial charge in [0.1, 0.15) is 16.4 Å². The van der Waals surface area contributed by atoms with E-state index in [1.54, 1.807) is 26.4 Å². The minimum absolute atomic E-state index is 0.160. The molecule has 30 heavy (non-hydrogen) atoms. The molecule has 0 aliphatic rings. The van der Waals surface area contributed by atoms with E-state index in [0.29, 0.717) is 29.0 Å². The van der Waals surface area contributed by atoms with Crippen LogP contribution in [-0.4, -0.2) is 40.1 Å². The van der Waals surface area contributed by atoms with Crippen molar-refractivity contribution in [1.82, 2.24) is 14.8 Å². The van der Waals surface area contributed by atoms with E-state index in [1.165, 1.54) is 0 Å². The minimum atomic E-state index is -1.02. The van der Waals surface area contributed by atoms with Gasteiger partial charge in [0.05, 0.1) is 14.2 Å². The Morgan fingerprint density at radius 2 is 1.77 bits per heavy atom. The highest BCUT2D eigenvalue weighted by atomic mass is 127. The fourth-order valence-electron chi connectivity index (χ4n) is 2.74. The predicted octanol–water partition coefficient (Wildman–Crippen LogP) is 4.80. The zero-order valence-electron chi connectivity index (χ0n) is 16.6. The Kier molecular flexibility index (Phi) is 7.38. The maximum absolute atomic E-state index is 11.8. The summed E-state index contributed by atoms with van der Waals surface area (Å²) in [6.07, 6.45) is 1.63. The first kappa shape index (κ1) is 22.2. The standard InChI is InChI=1S/C21H20IN3O4S/c1-4-25-19(14-10-16(28-2)12-17(11-14)29-3)23-24-21(25)30-18(20(26)27)9-13-5-7-15(22)8-6-13/h5-12H,4H2,1-3H3,(H,26,27)/b18-9-. The SMILES string of the molecule is CCn1c(S/C(=C\c2ccc(I)cc2)C(=O)O)nnc1-c1cc(OC)cc(OC)c1. The van der Waals surface area contributed by atoms with Gasteiger partial charge in [0.15, 0.2) is 11.0 Å². The number of aliphatic carboxylic acids is 1. The van der Waals surface area contributed by atoms with Crippen LogP contribution in [0.25, 0.3) is 17.5 Å². The molecule has 0 fully saturated rings. The first-order valence-corrected chi connectivity index (χ1v) is 10.9. The second-order valence-corrected chi connectivity index (χ2v) is 8.37. The Morgan fingerprint density at radius 1 is 1.13 bits per heavy atom. The molecule has 1 heterocycles. The molecule has 0 radical (unpaired) electrons. The molecule has 0 amide bonds. The van der Waals surface area contributed by atoms with Crippen molar-refractivity contribution >= 4 is 46.4 Å². The number of benzene rings is 2. The van der Waals surface area contributed by atoms with E-state index in [-0.39, 0.29) is 4.91 Å². The van der Waals surface area contributed by atoms with Gasteiger partial charge in [-0.25, -0.2) is 4.79 Å². The number of carboxylic acids is 1. The van der Waals surface area contributed by atoms with Crippen LogP contribution in [0.2, 0.25) is 0 Å². The van der Waals surface area contributed by atoms with Crippen LogP contribution in [0, 0.1) is 3.57 Å². The van der Waals surface area contributed by atoms with Crippen molar-refractivity contribution in [3.63, 3.8) is 0 Å². The quantitative estimate of drug-likeness (QED) is 0.251. The number of nitrogens with zero attached hydrogens (tertiary/aromatic N) is 3. The van der Waals surface area contributed by atoms with Crippen molar-refractivity contribution in [2.45, 2.75) is 18.6 Å². The van der Waals surface area contributed by atoms with Crippen molar-refractivity contribution in [3.05, 3.63) is 56.5 Å². The molecule has 2 aromatic carbocycles. The van der Waals surface area contributed by atoms with Gasteiger partial charge in [-0.3, -0.25) is 0 Å². The third-order valence-electron chi connectivity index (χ3n) is 4.22. The molecule has 3 rings (SSSR count). The number of rotatable bonds is 8. The summed E-state index contributed by atoms with van der Waals surface area (Å²) in [6.45, 7) is 2.53. The van der Waals surface area contributed by atoms with Gasteiger partial charge < -0.3 is 19.1 Å². The van der Waals surface area contributed by atoms with E-state index >= 15 is 0 Å². The molecule has 0 bridgehead atoms. The Balaban J connectivity index is 1.98. The van der Waals surface area contributed by atoms with Gasteiger partial charge >= 0.3 is 5.97 Å². The van der Waals surface area contributed by atoms with Crippen LogP contribution in [-0.2, 0) is 11.3 Å². The topological polar surface area (TPSA) is 86.5 Å². The van der Waals surface area contributed by atoms with E-state index in [2.05, 4.69) is 32.8 Å². The minimum Gasteiger partial charge on any atom is -0.497 e. The van der Waals surface area contributed by atoms with E-state index in [9.17, 15) is 9.90 Å². The molecule has 0 unspecified atom stereocenters. The lowest BCUT2D eigenvalue weighted by molar-refractivity contribution is -0.131. The highest BCUT2D eigenvalue weighted by Gasteiger charge is 2.19. The Labute approximate surface area is 192 Å². The van der Waals surface area contributed by atoms with Crippen LogP contribution in [0.5, 0.6) is 11.5 Å². The molecule has 0 aliphatic carbocycles. The van der Waals surface area contributed by atoms with Crippen molar-refractivity contribution in [2.75, 3.05) is 14.2 Å². The van der Waals surface area contributed by atoms with E-state index < -0.39 is 5.97 Å². The third kappa shape index (κ3) is 5.14. The summed E-state index contributed by atoms with van der Waals surface area (Å²) in [5.41, 5.74) is 1.58. The van der Waals surface area contributed by atoms with E-state index in [4.69, 9.17) is 9.47 Å². The number of carboxylic acid groups (broad SMARTS) is 1. The molecule has 9 heteroatoms. The van der Waals surface area contributed by atoms with Gasteiger partial charge in [-0.05, 0) is 77.2 Å². The molecule has 156 valence electrons. The third-order valence-corrected chi connectivity index (χ3v) is 5.94. The van der Waals surface area contributed by atoms with Gasteiger partial charge in [-0.2, -0.15) is 0 Å². The second kappa shape index (κ2) is 9.98. The van der Waals surface area contributed by atoms with Crippen LogP contribution >= 0.6 is 34.4 Å². The molecule has 1 aromatic heterocycles. The molecular weight excluding hydrogens is 517 g/mol. The molecule has 7 nitrogen and oxygen atoms in total. The monoisotopic (exact) mass is 537 g/mol. The smallest absolute Gasteiger partial charge is 0.342 e. The highest BCUT2D eigenvalue weighted by Crippen LogP contribution is 2.33. The van der Waals surface area contributed by atoms with E-state index in [0.717, 1.165) is 26.5 Å². The average Bonchev–Trinajstić information content (AvgIpc) is 3.16. The molecule has 0 spiro atoms. The lowest BCUT2D eigenvalue weighted by Crippen LogP contribution is -2.03. The summed E-state index contributed by atoms with van der Waals surface area (Å²) in [7, 11) is 3.16. The van der Waals surface area contributed by atoms with Crippen LogP contribution in [0.15, 0.2) is 52.5 Å². The largest absolute Gasteiger partial charge is 0.497 e. The van der Waals surface area contributed by atoms with Gasteiger partial charge in [-0.1, -0.05) is 12.1 Å². The lowest BCUT2D eigenvalue weighted by atomic mass is 10.2. The number of hydrogen-bond donors (Lipinski definition) is 1. The molecule has 0 atom stereocenters. The maximum atomic E-state index is 11.8. The summed E-state index contributed by atoms with van der Waals surface area (Å²) in [5.74, 6) is 0.855. The summed E-state index contributed by atoms with van der Waals surface area (Å²) < 4.78 is 13.6. The normalized spacial score (nSPS) is 11.4. The molecule has 0 saturated carbocycles. The van der Waals surface area contributed by atoms with Crippen molar-refractivity contribution in [2.24, 2.45) is 0 Å². The highest BCUT2D eigenvalue weighted by molar-refractivity contribution is 14.1. The lowest BCUT2D eigenvalue weighted by Gasteiger charge is -2.10. The summed E-state index contributed by atoms with van der Waals surface area (Å²) in [6, 6.07) is 13.1. The van der Waals surface area contributed by atoms with Crippen molar-refractivity contribution in [1.29, 1.82) is 0 Å². The Morgan fingerprint density at radius 3 is 2.30 bits per heavy atom. The molecule has 1 N–H and O–H groups in total. The maximum Gasteiger partial charge on any atom is 0.342 e. The van der Waals surface area contributed by atoms with Crippen LogP contribution in [0.4, 0.5) is 0 Å². The fourth-order valence-corrected chi connectivity index (χ4v) is 3.99. The van der Waals surface area contributed by atoms with Crippen LogP contribution in [0.1, 0.15) is 12.5 Å². The zero-order valence-corrected chi connectivity index (χ0v) is 19.6. The number of methoxy groups -OCH3 is 2. The number of aromatic nitrogens is 3.